The Morgan fingerprint density at radius 1 is 0.611 bits per heavy atom. The molecule has 0 unspecified atom stereocenters. The molecule has 2 aliphatic rings. The highest BCUT2D eigenvalue weighted by Gasteiger charge is 2.28. The first-order chi connectivity index (χ1) is 17.4. The Kier molecular flexibility index (Phi) is 7.78. The van der Waals surface area contributed by atoms with Crippen LogP contribution in [0.3, 0.4) is 0 Å². The molecule has 3 aromatic carbocycles. The average molecular weight is 521 g/mol. The van der Waals surface area contributed by atoms with Crippen LogP contribution in [0.4, 0.5) is 0 Å². The van der Waals surface area contributed by atoms with Crippen molar-refractivity contribution in [3.8, 4) is 17.2 Å². The van der Waals surface area contributed by atoms with Gasteiger partial charge in [-0.2, -0.15) is 0 Å². The van der Waals surface area contributed by atoms with E-state index in [0.717, 1.165) is 53.5 Å². The summed E-state index contributed by atoms with van der Waals surface area (Å²) >= 11 is 9.66. The molecule has 0 spiro atoms. The van der Waals surface area contributed by atoms with Crippen LogP contribution in [-0.2, 0) is 0 Å². The van der Waals surface area contributed by atoms with Crippen LogP contribution in [0.5, 0.6) is 17.2 Å². The summed E-state index contributed by atoms with van der Waals surface area (Å²) in [5, 5.41) is 32.2. The van der Waals surface area contributed by atoms with Crippen LogP contribution in [-0.4, -0.2) is 15.3 Å². The fraction of sp³-hybridized carbons (Fsp3) is 0.419. The quantitative estimate of drug-likeness (QED) is 0.173. The Morgan fingerprint density at radius 2 is 1.08 bits per heavy atom. The second-order valence-corrected chi connectivity index (χ2v) is 11.6. The molecule has 3 N–H and O–H groups in total. The Balaban J connectivity index is 1.68. The van der Waals surface area contributed by atoms with E-state index in [1.165, 1.54) is 38.5 Å². The van der Waals surface area contributed by atoms with Crippen molar-refractivity contribution in [2.75, 3.05) is 0 Å². The molecule has 2 fully saturated rings. The van der Waals surface area contributed by atoms with Gasteiger partial charge in [0.25, 0.3) is 0 Å². The minimum absolute atomic E-state index is 0.205. The van der Waals surface area contributed by atoms with Crippen molar-refractivity contribution in [3.05, 3.63) is 76.3 Å². The first-order valence-electron chi connectivity index (χ1n) is 13.3. The van der Waals surface area contributed by atoms with E-state index in [9.17, 15) is 15.3 Å². The summed E-state index contributed by atoms with van der Waals surface area (Å²) in [5.41, 5.74) is 4.87. The number of phenols is 3. The summed E-state index contributed by atoms with van der Waals surface area (Å²) < 4.78 is 0. The summed E-state index contributed by atoms with van der Waals surface area (Å²) in [6, 6.07) is 15.2. The molecule has 5 rings (SSSR count). The van der Waals surface area contributed by atoms with Gasteiger partial charge in [0, 0.05) is 15.7 Å². The van der Waals surface area contributed by atoms with Gasteiger partial charge in [-0.15, -0.1) is 25.3 Å². The summed E-state index contributed by atoms with van der Waals surface area (Å²) in [6.07, 6.45) is 11.6. The zero-order valence-corrected chi connectivity index (χ0v) is 22.4. The van der Waals surface area contributed by atoms with Gasteiger partial charge in [-0.05, 0) is 102 Å². The predicted molar refractivity (Wildman–Crippen MR) is 151 cm³/mol. The van der Waals surface area contributed by atoms with E-state index in [-0.39, 0.29) is 11.7 Å². The fourth-order valence-corrected chi connectivity index (χ4v) is 7.03. The third kappa shape index (κ3) is 5.24. The topological polar surface area (TPSA) is 60.7 Å². The van der Waals surface area contributed by atoms with Gasteiger partial charge in [0.05, 0.1) is 0 Å². The summed E-state index contributed by atoms with van der Waals surface area (Å²) in [4.78, 5) is 1.42. The molecule has 190 valence electrons. The third-order valence-electron chi connectivity index (χ3n) is 8.27. The van der Waals surface area contributed by atoms with Crippen molar-refractivity contribution in [1.82, 2.24) is 0 Å². The van der Waals surface area contributed by atoms with Crippen LogP contribution in [0, 0.1) is 0 Å². The van der Waals surface area contributed by atoms with Crippen LogP contribution in [0.2, 0.25) is 0 Å². The molecule has 3 aromatic rings. The van der Waals surface area contributed by atoms with Gasteiger partial charge in [-0.3, -0.25) is 0 Å². The van der Waals surface area contributed by atoms with E-state index in [4.69, 9.17) is 25.3 Å². The molecule has 2 aliphatic carbocycles. The van der Waals surface area contributed by atoms with Crippen LogP contribution < -0.4 is 0 Å². The van der Waals surface area contributed by atoms with Gasteiger partial charge in [-0.25, -0.2) is 0 Å². The first-order valence-corrected chi connectivity index (χ1v) is 14.2. The van der Waals surface area contributed by atoms with E-state index in [2.05, 4.69) is 12.1 Å². The van der Waals surface area contributed by atoms with Crippen molar-refractivity contribution < 1.29 is 15.3 Å². The van der Waals surface area contributed by atoms with Crippen molar-refractivity contribution in [2.24, 2.45) is 0 Å². The number of rotatable bonds is 5. The van der Waals surface area contributed by atoms with Gasteiger partial charge >= 0.3 is 0 Å². The molecule has 0 aliphatic heterocycles. The van der Waals surface area contributed by atoms with E-state index in [0.29, 0.717) is 33.1 Å². The van der Waals surface area contributed by atoms with E-state index >= 15 is 0 Å². The molecule has 0 aromatic heterocycles. The summed E-state index contributed by atoms with van der Waals surface area (Å²) in [5.74, 6) is 1.25. The zero-order valence-electron chi connectivity index (χ0n) is 20.7. The van der Waals surface area contributed by atoms with Gasteiger partial charge in [0.15, 0.2) is 0 Å². The number of thiol groups is 2. The Labute approximate surface area is 225 Å². The second-order valence-electron chi connectivity index (χ2n) is 10.6. The molecule has 36 heavy (non-hydrogen) atoms. The smallest absolute Gasteiger partial charge is 0.120 e. The number of phenolic OH excluding ortho intramolecular Hbond substituents is 3. The lowest BCUT2D eigenvalue weighted by Gasteiger charge is -2.29. The first kappa shape index (κ1) is 25.4. The highest BCUT2D eigenvalue weighted by molar-refractivity contribution is 7.80. The van der Waals surface area contributed by atoms with Crippen LogP contribution in [0.25, 0.3) is 0 Å². The molecule has 0 saturated heterocycles. The highest BCUT2D eigenvalue weighted by Crippen LogP contribution is 2.47. The van der Waals surface area contributed by atoms with Crippen LogP contribution >= 0.6 is 25.3 Å². The van der Waals surface area contributed by atoms with Gasteiger partial charge < -0.3 is 15.3 Å². The summed E-state index contributed by atoms with van der Waals surface area (Å²) in [6.45, 7) is 0. The predicted octanol–water partition coefficient (Wildman–Crippen LogP) is 8.66. The van der Waals surface area contributed by atoms with Crippen molar-refractivity contribution >= 4 is 25.3 Å². The van der Waals surface area contributed by atoms with E-state index in [1.807, 2.05) is 12.1 Å². The van der Waals surface area contributed by atoms with E-state index < -0.39 is 0 Å². The van der Waals surface area contributed by atoms with Gasteiger partial charge in [-0.1, -0.05) is 50.7 Å². The maximum Gasteiger partial charge on any atom is 0.120 e. The molecule has 0 atom stereocenters. The average Bonchev–Trinajstić information content (AvgIpc) is 2.88. The normalized spacial score (nSPS) is 17.5. The molecule has 0 amide bonds. The molecule has 2 saturated carbocycles. The highest BCUT2D eigenvalue weighted by atomic mass is 32.1. The molecule has 0 heterocycles. The molecule has 0 bridgehead atoms. The maximum absolute atomic E-state index is 10.9. The fourth-order valence-electron chi connectivity index (χ4n) is 6.40. The molecular formula is C31H36O3S2. The largest absolute Gasteiger partial charge is 0.508 e. The van der Waals surface area contributed by atoms with Crippen molar-refractivity contribution in [1.29, 1.82) is 0 Å². The lowest BCUT2D eigenvalue weighted by atomic mass is 9.78. The lowest BCUT2D eigenvalue weighted by Crippen LogP contribution is -2.11. The number of aromatic hydroxyl groups is 3. The van der Waals surface area contributed by atoms with Gasteiger partial charge in [0.2, 0.25) is 0 Å². The van der Waals surface area contributed by atoms with Crippen molar-refractivity contribution in [3.63, 3.8) is 0 Å². The van der Waals surface area contributed by atoms with Crippen LogP contribution in [0.15, 0.2) is 58.3 Å². The molecule has 0 radical (unpaired) electrons. The number of hydrogen-bond donors (Lipinski definition) is 5. The third-order valence-corrected chi connectivity index (χ3v) is 9.04. The number of benzene rings is 3. The Bertz CT molecular complexity index is 1150. The summed E-state index contributed by atoms with van der Waals surface area (Å²) in [7, 11) is 0. The monoisotopic (exact) mass is 520 g/mol. The Morgan fingerprint density at radius 3 is 1.53 bits per heavy atom. The standard InChI is InChI=1S/C31H36O3S2/c32-22-13-7-12-21(14-22)31(25-15-23(27(33)17-29(25)35)19-8-3-1-4-9-19)26-16-24(28(34)18-30(26)36)20-10-5-2-6-11-20/h7,12-20,31-36H,1-6,8-11H2. The van der Waals surface area contributed by atoms with E-state index in [1.54, 1.807) is 24.3 Å². The molecular weight excluding hydrogens is 484 g/mol. The molecule has 5 heteroatoms. The van der Waals surface area contributed by atoms with Crippen LogP contribution in [0.1, 0.15) is 110 Å². The minimum Gasteiger partial charge on any atom is -0.508 e. The Hall–Kier alpha value is -2.24. The second kappa shape index (κ2) is 11.0. The number of hydrogen-bond acceptors (Lipinski definition) is 5. The minimum atomic E-state index is -0.247. The SMILES string of the molecule is Oc1cccc(C(c2cc(C3CCCCC3)c(O)cc2S)c2cc(C3CCCCC3)c(O)cc2S)c1. The van der Waals surface area contributed by atoms with Crippen molar-refractivity contribution in [2.45, 2.75) is 91.8 Å². The van der Waals surface area contributed by atoms with Gasteiger partial charge in [0.1, 0.15) is 17.2 Å². The lowest BCUT2D eigenvalue weighted by molar-refractivity contribution is 0.412. The zero-order chi connectivity index (χ0) is 25.2. The molecule has 3 nitrogen and oxygen atoms in total. The maximum atomic E-state index is 10.9.